The van der Waals surface area contributed by atoms with Gasteiger partial charge >= 0.3 is 0 Å². The van der Waals surface area contributed by atoms with Crippen molar-refractivity contribution in [1.82, 2.24) is 5.32 Å². The van der Waals surface area contributed by atoms with E-state index in [9.17, 15) is 4.39 Å². The average Bonchev–Trinajstić information content (AvgIpc) is 2.48. The minimum Gasteiger partial charge on any atom is -0.365 e. The van der Waals surface area contributed by atoms with Crippen molar-refractivity contribution in [1.29, 1.82) is 0 Å². The SMILES string of the molecule is CCC(C)C1CN(c2cccc(F)c2C)C(CC)CN1. The second kappa shape index (κ2) is 6.57. The summed E-state index contributed by atoms with van der Waals surface area (Å²) >= 11 is 0. The molecule has 0 amide bonds. The zero-order chi connectivity index (χ0) is 14.7. The number of hydrogen-bond donors (Lipinski definition) is 1. The monoisotopic (exact) mass is 278 g/mol. The van der Waals surface area contributed by atoms with Crippen LogP contribution in [0.25, 0.3) is 0 Å². The molecule has 1 N–H and O–H groups in total. The van der Waals surface area contributed by atoms with Crippen LogP contribution in [0.3, 0.4) is 0 Å². The Hall–Kier alpha value is -1.09. The van der Waals surface area contributed by atoms with Crippen LogP contribution >= 0.6 is 0 Å². The number of nitrogens with one attached hydrogen (secondary N) is 1. The quantitative estimate of drug-likeness (QED) is 0.902. The summed E-state index contributed by atoms with van der Waals surface area (Å²) < 4.78 is 13.8. The highest BCUT2D eigenvalue weighted by atomic mass is 19.1. The van der Waals surface area contributed by atoms with Crippen LogP contribution in [0.5, 0.6) is 0 Å². The predicted octanol–water partition coefficient (Wildman–Crippen LogP) is 3.74. The Morgan fingerprint density at radius 3 is 2.80 bits per heavy atom. The fourth-order valence-electron chi connectivity index (χ4n) is 3.06. The van der Waals surface area contributed by atoms with Crippen LogP contribution in [0.2, 0.25) is 0 Å². The van der Waals surface area contributed by atoms with Gasteiger partial charge in [-0.15, -0.1) is 0 Å². The topological polar surface area (TPSA) is 15.3 Å². The summed E-state index contributed by atoms with van der Waals surface area (Å²) in [5.41, 5.74) is 1.84. The Morgan fingerprint density at radius 1 is 1.40 bits per heavy atom. The lowest BCUT2D eigenvalue weighted by Gasteiger charge is -2.44. The second-order valence-electron chi connectivity index (χ2n) is 6.00. The van der Waals surface area contributed by atoms with Gasteiger partial charge in [-0.05, 0) is 31.4 Å². The summed E-state index contributed by atoms with van der Waals surface area (Å²) in [5, 5.41) is 3.67. The van der Waals surface area contributed by atoms with E-state index < -0.39 is 0 Å². The van der Waals surface area contributed by atoms with E-state index in [-0.39, 0.29) is 5.82 Å². The van der Waals surface area contributed by atoms with Gasteiger partial charge in [0.15, 0.2) is 0 Å². The summed E-state index contributed by atoms with van der Waals surface area (Å²) in [6.45, 7) is 10.6. The van der Waals surface area contributed by atoms with E-state index in [1.54, 1.807) is 6.07 Å². The molecule has 1 aromatic carbocycles. The number of rotatable bonds is 4. The van der Waals surface area contributed by atoms with E-state index in [4.69, 9.17) is 0 Å². The molecule has 1 saturated heterocycles. The van der Waals surface area contributed by atoms with Crippen LogP contribution in [-0.2, 0) is 0 Å². The van der Waals surface area contributed by atoms with Crippen molar-refractivity contribution in [2.45, 2.75) is 52.6 Å². The molecule has 112 valence electrons. The number of halogens is 1. The molecule has 3 heteroatoms. The third-order valence-corrected chi connectivity index (χ3v) is 4.80. The van der Waals surface area contributed by atoms with Gasteiger partial charge in [0.2, 0.25) is 0 Å². The first-order chi connectivity index (χ1) is 9.58. The molecule has 0 saturated carbocycles. The first-order valence-electron chi connectivity index (χ1n) is 7.83. The summed E-state index contributed by atoms with van der Waals surface area (Å²) in [5.74, 6) is 0.542. The Morgan fingerprint density at radius 2 is 2.15 bits per heavy atom. The fraction of sp³-hybridized carbons (Fsp3) is 0.647. The highest BCUT2D eigenvalue weighted by Crippen LogP contribution is 2.28. The van der Waals surface area contributed by atoms with Gasteiger partial charge in [-0.2, -0.15) is 0 Å². The van der Waals surface area contributed by atoms with Crippen LogP contribution in [-0.4, -0.2) is 25.2 Å². The Kier molecular flexibility index (Phi) is 5.03. The molecular formula is C17H27FN2. The molecule has 1 heterocycles. The molecule has 20 heavy (non-hydrogen) atoms. The molecule has 0 aromatic heterocycles. The van der Waals surface area contributed by atoms with Crippen molar-refractivity contribution in [3.63, 3.8) is 0 Å². The Bertz CT molecular complexity index is 447. The number of piperazine rings is 1. The lowest BCUT2D eigenvalue weighted by Crippen LogP contribution is -2.58. The molecule has 1 aliphatic rings. The van der Waals surface area contributed by atoms with E-state index in [1.165, 1.54) is 6.42 Å². The molecule has 3 unspecified atom stereocenters. The lowest BCUT2D eigenvalue weighted by atomic mass is 9.94. The maximum Gasteiger partial charge on any atom is 0.128 e. The van der Waals surface area contributed by atoms with E-state index in [2.05, 4.69) is 37.1 Å². The van der Waals surface area contributed by atoms with Gasteiger partial charge in [-0.1, -0.05) is 33.3 Å². The fourth-order valence-corrected chi connectivity index (χ4v) is 3.06. The van der Waals surface area contributed by atoms with Crippen molar-refractivity contribution < 1.29 is 4.39 Å². The molecule has 3 atom stereocenters. The van der Waals surface area contributed by atoms with Gasteiger partial charge < -0.3 is 10.2 Å². The summed E-state index contributed by atoms with van der Waals surface area (Å²) in [7, 11) is 0. The van der Waals surface area contributed by atoms with Crippen molar-refractivity contribution in [3.05, 3.63) is 29.6 Å². The maximum atomic E-state index is 13.8. The molecule has 0 aliphatic carbocycles. The third-order valence-electron chi connectivity index (χ3n) is 4.80. The molecule has 1 aliphatic heterocycles. The van der Waals surface area contributed by atoms with E-state index in [0.29, 0.717) is 18.0 Å². The number of anilines is 1. The van der Waals surface area contributed by atoms with Gasteiger partial charge in [-0.25, -0.2) is 4.39 Å². The zero-order valence-electron chi connectivity index (χ0n) is 13.1. The molecule has 1 fully saturated rings. The summed E-state index contributed by atoms with van der Waals surface area (Å²) in [4.78, 5) is 2.41. The molecule has 2 rings (SSSR count). The number of benzene rings is 1. The van der Waals surface area contributed by atoms with Crippen molar-refractivity contribution in [2.75, 3.05) is 18.0 Å². The molecule has 0 spiro atoms. The molecule has 0 bridgehead atoms. The Balaban J connectivity index is 2.27. The first kappa shape index (κ1) is 15.3. The highest BCUT2D eigenvalue weighted by molar-refractivity contribution is 5.55. The highest BCUT2D eigenvalue weighted by Gasteiger charge is 2.30. The number of nitrogens with zero attached hydrogens (tertiary/aromatic N) is 1. The average molecular weight is 278 g/mol. The Labute approximate surface area is 122 Å². The van der Waals surface area contributed by atoms with Gasteiger partial charge in [0.25, 0.3) is 0 Å². The van der Waals surface area contributed by atoms with Crippen LogP contribution < -0.4 is 10.2 Å². The molecule has 1 aromatic rings. The second-order valence-corrected chi connectivity index (χ2v) is 6.00. The lowest BCUT2D eigenvalue weighted by molar-refractivity contribution is 0.306. The predicted molar refractivity (Wildman–Crippen MR) is 83.8 cm³/mol. The minimum atomic E-state index is -0.101. The summed E-state index contributed by atoms with van der Waals surface area (Å²) in [6.07, 6.45) is 2.25. The largest absolute Gasteiger partial charge is 0.365 e. The summed E-state index contributed by atoms with van der Waals surface area (Å²) in [6, 6.07) is 6.38. The molecule has 2 nitrogen and oxygen atoms in total. The first-order valence-corrected chi connectivity index (χ1v) is 7.83. The van der Waals surface area contributed by atoms with E-state index in [0.717, 1.165) is 30.8 Å². The normalized spacial score (nSPS) is 24.8. The standard InChI is InChI=1S/C17H27FN2/c1-5-12(3)16-11-20(14(6-2)10-19-16)17-9-7-8-15(18)13(17)4/h7-9,12,14,16,19H,5-6,10-11H2,1-4H3. The zero-order valence-corrected chi connectivity index (χ0v) is 13.1. The van der Waals surface area contributed by atoms with E-state index >= 15 is 0 Å². The third kappa shape index (κ3) is 2.98. The van der Waals surface area contributed by atoms with Crippen molar-refractivity contribution in [2.24, 2.45) is 5.92 Å². The van der Waals surface area contributed by atoms with Crippen molar-refractivity contribution >= 4 is 5.69 Å². The van der Waals surface area contributed by atoms with Gasteiger partial charge in [0.1, 0.15) is 5.82 Å². The van der Waals surface area contributed by atoms with Crippen LogP contribution in [0.1, 0.15) is 39.2 Å². The van der Waals surface area contributed by atoms with Gasteiger partial charge in [0, 0.05) is 36.4 Å². The number of hydrogen-bond acceptors (Lipinski definition) is 2. The van der Waals surface area contributed by atoms with Crippen LogP contribution in [0.15, 0.2) is 18.2 Å². The van der Waals surface area contributed by atoms with Crippen LogP contribution in [0.4, 0.5) is 10.1 Å². The van der Waals surface area contributed by atoms with Crippen molar-refractivity contribution in [3.8, 4) is 0 Å². The van der Waals surface area contributed by atoms with E-state index in [1.807, 2.05) is 13.0 Å². The smallest absolute Gasteiger partial charge is 0.128 e. The van der Waals surface area contributed by atoms with Gasteiger partial charge in [-0.3, -0.25) is 0 Å². The molecule has 0 radical (unpaired) electrons. The molecular weight excluding hydrogens is 251 g/mol. The van der Waals surface area contributed by atoms with Gasteiger partial charge in [0.05, 0.1) is 0 Å². The maximum absolute atomic E-state index is 13.8. The van der Waals surface area contributed by atoms with Crippen LogP contribution in [0, 0.1) is 18.7 Å². The minimum absolute atomic E-state index is 0.101.